The third-order valence-corrected chi connectivity index (χ3v) is 2.60. The first-order chi connectivity index (χ1) is 7.70. The molecule has 0 saturated heterocycles. The lowest BCUT2D eigenvalue weighted by molar-refractivity contribution is 0.331. The Morgan fingerprint density at radius 2 is 1.69 bits per heavy atom. The topological polar surface area (TPSA) is 40.5 Å². The lowest BCUT2D eigenvalue weighted by atomic mass is 10.1. The molecule has 0 spiro atoms. The smallest absolute Gasteiger partial charge is 0.261 e. The minimum atomic E-state index is -0.0896. The number of pyridine rings is 1. The van der Waals surface area contributed by atoms with Crippen molar-refractivity contribution in [2.24, 2.45) is 7.05 Å². The van der Waals surface area contributed by atoms with Gasteiger partial charge in [0.15, 0.2) is 5.75 Å². The molecular weight excluding hydrogens is 206 g/mol. The van der Waals surface area contributed by atoms with Gasteiger partial charge < -0.3 is 9.47 Å². The largest absolute Gasteiger partial charge is 0.491 e. The Kier molecular flexibility index (Phi) is 2.56. The molecule has 0 aliphatic carbocycles. The molecule has 2 aromatic rings. The van der Waals surface area contributed by atoms with Gasteiger partial charge in [0.25, 0.3) is 5.56 Å². The highest BCUT2D eigenvalue weighted by Gasteiger charge is 2.14. The van der Waals surface area contributed by atoms with Gasteiger partial charge in [-0.2, -0.15) is 0 Å². The number of methoxy groups -OCH3 is 2. The van der Waals surface area contributed by atoms with Crippen LogP contribution >= 0.6 is 0 Å². The Morgan fingerprint density at radius 1 is 1.06 bits per heavy atom. The van der Waals surface area contributed by atoms with Gasteiger partial charge in [0.05, 0.1) is 19.6 Å². The van der Waals surface area contributed by atoms with Crippen molar-refractivity contribution in [3.05, 3.63) is 34.6 Å². The first-order valence-corrected chi connectivity index (χ1v) is 4.90. The molecule has 1 heterocycles. The molecule has 0 radical (unpaired) electrons. The van der Waals surface area contributed by atoms with Gasteiger partial charge in [0.1, 0.15) is 0 Å². The fraction of sp³-hybridized carbons (Fsp3) is 0.250. The molecule has 0 aliphatic rings. The molecule has 0 atom stereocenters. The zero-order valence-electron chi connectivity index (χ0n) is 9.48. The van der Waals surface area contributed by atoms with Crippen molar-refractivity contribution in [2.75, 3.05) is 14.2 Å². The number of fused-ring (bicyclic) bond motifs is 1. The van der Waals surface area contributed by atoms with Gasteiger partial charge in [-0.25, -0.2) is 0 Å². The van der Waals surface area contributed by atoms with Crippen LogP contribution in [0.15, 0.2) is 29.1 Å². The fourth-order valence-electron chi connectivity index (χ4n) is 1.83. The summed E-state index contributed by atoms with van der Waals surface area (Å²) in [6, 6.07) is 7.32. The summed E-state index contributed by atoms with van der Waals surface area (Å²) >= 11 is 0. The van der Waals surface area contributed by atoms with Gasteiger partial charge in [-0.3, -0.25) is 9.36 Å². The monoisotopic (exact) mass is 219 g/mol. The van der Waals surface area contributed by atoms with E-state index in [1.54, 1.807) is 20.2 Å². The van der Waals surface area contributed by atoms with E-state index in [0.29, 0.717) is 17.0 Å². The van der Waals surface area contributed by atoms with Gasteiger partial charge >= 0.3 is 0 Å². The Bertz CT molecular complexity index is 587. The maximum atomic E-state index is 12.0. The van der Waals surface area contributed by atoms with E-state index in [4.69, 9.17) is 9.47 Å². The number of benzene rings is 1. The summed E-state index contributed by atoms with van der Waals surface area (Å²) in [5.41, 5.74) is -0.0896. The van der Waals surface area contributed by atoms with E-state index < -0.39 is 0 Å². The van der Waals surface area contributed by atoms with E-state index in [1.165, 1.54) is 11.7 Å². The van der Waals surface area contributed by atoms with Crippen molar-refractivity contribution >= 4 is 10.8 Å². The normalized spacial score (nSPS) is 10.4. The predicted molar refractivity (Wildman–Crippen MR) is 62.3 cm³/mol. The second-order valence-corrected chi connectivity index (χ2v) is 3.45. The molecule has 16 heavy (non-hydrogen) atoms. The van der Waals surface area contributed by atoms with Gasteiger partial charge in [0, 0.05) is 12.4 Å². The van der Waals surface area contributed by atoms with E-state index >= 15 is 0 Å². The number of nitrogens with zero attached hydrogens (tertiary/aromatic N) is 1. The van der Waals surface area contributed by atoms with Gasteiger partial charge in [-0.1, -0.05) is 18.2 Å². The van der Waals surface area contributed by atoms with Crippen LogP contribution in [0.25, 0.3) is 10.8 Å². The SMILES string of the molecule is COc1c(OC)n(C)c(=O)c2ccccc12. The molecule has 1 aromatic heterocycles. The minimum Gasteiger partial charge on any atom is -0.491 e. The van der Waals surface area contributed by atoms with Crippen molar-refractivity contribution < 1.29 is 9.47 Å². The van der Waals surface area contributed by atoms with Crippen LogP contribution in [0.5, 0.6) is 11.6 Å². The summed E-state index contributed by atoms with van der Waals surface area (Å²) in [6.07, 6.45) is 0. The highest BCUT2D eigenvalue weighted by Crippen LogP contribution is 2.32. The molecule has 4 nitrogen and oxygen atoms in total. The first kappa shape index (κ1) is 10.5. The van der Waals surface area contributed by atoms with Crippen molar-refractivity contribution in [2.45, 2.75) is 0 Å². The zero-order chi connectivity index (χ0) is 11.7. The lowest BCUT2D eigenvalue weighted by Gasteiger charge is -2.13. The number of rotatable bonds is 2. The molecule has 0 aliphatic heterocycles. The number of aromatic nitrogens is 1. The standard InChI is InChI=1S/C12H13NO3/c1-13-11(14)9-7-5-4-6-8(9)10(15-2)12(13)16-3/h4-7H,1-3H3. The maximum absolute atomic E-state index is 12.0. The van der Waals surface area contributed by atoms with Gasteiger partial charge in [-0.05, 0) is 6.07 Å². The van der Waals surface area contributed by atoms with Crippen LogP contribution in [0.3, 0.4) is 0 Å². The van der Waals surface area contributed by atoms with E-state index in [2.05, 4.69) is 0 Å². The molecule has 1 aromatic carbocycles. The molecule has 2 rings (SSSR count). The summed E-state index contributed by atoms with van der Waals surface area (Å²) in [4.78, 5) is 12.0. The van der Waals surface area contributed by atoms with E-state index in [9.17, 15) is 4.79 Å². The van der Waals surface area contributed by atoms with E-state index in [-0.39, 0.29) is 5.56 Å². The molecule has 84 valence electrons. The Labute approximate surface area is 93.0 Å². The Morgan fingerprint density at radius 3 is 2.25 bits per heavy atom. The molecule has 0 fully saturated rings. The van der Waals surface area contributed by atoms with Crippen molar-refractivity contribution in [1.29, 1.82) is 0 Å². The van der Waals surface area contributed by atoms with Crippen LogP contribution in [0, 0.1) is 0 Å². The molecule has 0 saturated carbocycles. The predicted octanol–water partition coefficient (Wildman–Crippen LogP) is 1.56. The van der Waals surface area contributed by atoms with E-state index in [0.717, 1.165) is 5.39 Å². The number of hydrogen-bond donors (Lipinski definition) is 0. The van der Waals surface area contributed by atoms with E-state index in [1.807, 2.05) is 18.2 Å². The van der Waals surface area contributed by atoms with Gasteiger partial charge in [0.2, 0.25) is 5.88 Å². The summed E-state index contributed by atoms with van der Waals surface area (Å²) in [5.74, 6) is 1.02. The minimum absolute atomic E-state index is 0.0896. The number of ether oxygens (including phenoxy) is 2. The maximum Gasteiger partial charge on any atom is 0.261 e. The Balaban J connectivity index is 3.01. The quantitative estimate of drug-likeness (QED) is 0.769. The van der Waals surface area contributed by atoms with Crippen LogP contribution in [0.1, 0.15) is 0 Å². The summed E-state index contributed by atoms with van der Waals surface area (Å²) < 4.78 is 11.9. The Hall–Kier alpha value is -1.97. The first-order valence-electron chi connectivity index (χ1n) is 4.90. The highest BCUT2D eigenvalue weighted by atomic mass is 16.5. The molecular formula is C12H13NO3. The second kappa shape index (κ2) is 3.89. The second-order valence-electron chi connectivity index (χ2n) is 3.45. The third-order valence-electron chi connectivity index (χ3n) is 2.60. The molecule has 0 N–H and O–H groups in total. The van der Waals surface area contributed by atoms with Crippen LogP contribution in [-0.4, -0.2) is 18.8 Å². The number of hydrogen-bond acceptors (Lipinski definition) is 3. The molecule has 0 bridgehead atoms. The van der Waals surface area contributed by atoms with Crippen LogP contribution < -0.4 is 15.0 Å². The fourth-order valence-corrected chi connectivity index (χ4v) is 1.83. The summed E-state index contributed by atoms with van der Waals surface area (Å²) in [5, 5.41) is 1.40. The van der Waals surface area contributed by atoms with Crippen molar-refractivity contribution in [3.8, 4) is 11.6 Å². The average Bonchev–Trinajstić information content (AvgIpc) is 2.33. The highest BCUT2D eigenvalue weighted by molar-refractivity contribution is 5.89. The molecule has 0 unspecified atom stereocenters. The zero-order valence-corrected chi connectivity index (χ0v) is 9.48. The van der Waals surface area contributed by atoms with Crippen molar-refractivity contribution in [3.63, 3.8) is 0 Å². The van der Waals surface area contributed by atoms with Crippen LogP contribution in [0.4, 0.5) is 0 Å². The van der Waals surface area contributed by atoms with Crippen LogP contribution in [-0.2, 0) is 7.05 Å². The van der Waals surface area contributed by atoms with Crippen molar-refractivity contribution in [1.82, 2.24) is 4.57 Å². The average molecular weight is 219 g/mol. The third kappa shape index (κ3) is 1.34. The molecule has 4 heteroatoms. The lowest BCUT2D eigenvalue weighted by Crippen LogP contribution is -2.19. The summed E-state index contributed by atoms with van der Waals surface area (Å²) in [6.45, 7) is 0. The summed E-state index contributed by atoms with van der Waals surface area (Å²) in [7, 11) is 4.75. The molecule has 0 amide bonds. The van der Waals surface area contributed by atoms with Gasteiger partial charge in [-0.15, -0.1) is 0 Å². The van der Waals surface area contributed by atoms with Crippen LogP contribution in [0.2, 0.25) is 0 Å².